The second-order valence-electron chi connectivity index (χ2n) is 3.77. The van der Waals surface area contributed by atoms with Crippen molar-refractivity contribution < 1.29 is 27.6 Å². The fraction of sp³-hybridized carbons (Fsp3) is 0.364. The van der Waals surface area contributed by atoms with Crippen molar-refractivity contribution in [2.45, 2.75) is 19.0 Å². The average molecular weight is 277 g/mol. The van der Waals surface area contributed by atoms with Crippen molar-refractivity contribution in [1.29, 1.82) is 0 Å². The van der Waals surface area contributed by atoms with Crippen molar-refractivity contribution in [3.63, 3.8) is 0 Å². The van der Waals surface area contributed by atoms with E-state index in [-0.39, 0.29) is 5.56 Å². The molecule has 0 aliphatic heterocycles. The number of nitro benzene ring substituents is 1. The zero-order valence-corrected chi connectivity index (χ0v) is 10.0. The highest BCUT2D eigenvalue weighted by atomic mass is 19.4. The predicted octanol–water partition coefficient (Wildman–Crippen LogP) is 2.89. The van der Waals surface area contributed by atoms with Crippen molar-refractivity contribution in [1.82, 2.24) is 0 Å². The van der Waals surface area contributed by atoms with Gasteiger partial charge in [-0.15, -0.1) is 0 Å². The number of alkyl halides is 3. The maximum Gasteiger partial charge on any atom is 0.416 e. The molecule has 0 saturated carbocycles. The minimum Gasteiger partial charge on any atom is -0.469 e. The van der Waals surface area contributed by atoms with E-state index in [0.29, 0.717) is 12.1 Å². The summed E-state index contributed by atoms with van der Waals surface area (Å²) in [7, 11) is 1.09. The number of hydrogen-bond acceptors (Lipinski definition) is 4. The molecule has 0 saturated heterocycles. The second kappa shape index (κ2) is 5.25. The van der Waals surface area contributed by atoms with Crippen molar-refractivity contribution in [2.75, 3.05) is 7.11 Å². The minimum atomic E-state index is -4.68. The lowest BCUT2D eigenvalue weighted by atomic mass is 9.97. The van der Waals surface area contributed by atoms with Crippen molar-refractivity contribution >= 4 is 11.7 Å². The first-order chi connectivity index (χ1) is 8.68. The van der Waals surface area contributed by atoms with Gasteiger partial charge in [-0.05, 0) is 13.0 Å². The molecule has 0 aliphatic carbocycles. The number of nitrogens with zero attached hydrogens (tertiary/aromatic N) is 1. The summed E-state index contributed by atoms with van der Waals surface area (Å²) in [6.45, 7) is 1.32. The second-order valence-corrected chi connectivity index (χ2v) is 3.77. The van der Waals surface area contributed by atoms with E-state index in [2.05, 4.69) is 4.74 Å². The first-order valence-electron chi connectivity index (χ1n) is 5.11. The number of benzene rings is 1. The summed E-state index contributed by atoms with van der Waals surface area (Å²) in [5.74, 6) is -1.78. The van der Waals surface area contributed by atoms with Crippen LogP contribution in [0.15, 0.2) is 18.2 Å². The number of nitro groups is 1. The highest BCUT2D eigenvalue weighted by Gasteiger charge is 2.34. The molecule has 0 aromatic heterocycles. The molecule has 5 nitrogen and oxygen atoms in total. The molecule has 0 spiro atoms. The number of hydrogen-bond donors (Lipinski definition) is 0. The van der Waals surface area contributed by atoms with Gasteiger partial charge in [0.05, 0.1) is 23.5 Å². The molecule has 104 valence electrons. The third-order valence-electron chi connectivity index (χ3n) is 2.58. The summed E-state index contributed by atoms with van der Waals surface area (Å²) in [6, 6.07) is 2.03. The van der Waals surface area contributed by atoms with E-state index in [1.807, 2.05) is 0 Å². The van der Waals surface area contributed by atoms with E-state index in [9.17, 15) is 28.1 Å². The number of carbonyl (C=O) groups excluding carboxylic acids is 1. The normalized spacial score (nSPS) is 12.9. The standard InChI is InChI=1S/C11H10F3NO4/c1-6(10(16)19-2)8-4-3-7(11(12,13)14)5-9(8)15(17)18/h3-6H,1-2H3. The molecule has 19 heavy (non-hydrogen) atoms. The molecular formula is C11H10F3NO4. The highest BCUT2D eigenvalue weighted by molar-refractivity contribution is 5.79. The summed E-state index contributed by atoms with van der Waals surface area (Å²) in [5.41, 5.74) is -2.02. The average Bonchev–Trinajstić information content (AvgIpc) is 2.35. The first-order valence-corrected chi connectivity index (χ1v) is 5.11. The van der Waals surface area contributed by atoms with E-state index in [1.165, 1.54) is 6.92 Å². The largest absolute Gasteiger partial charge is 0.469 e. The molecule has 0 amide bonds. The van der Waals surface area contributed by atoms with Crippen LogP contribution in [0.2, 0.25) is 0 Å². The molecule has 1 aromatic rings. The van der Waals surface area contributed by atoms with E-state index in [0.717, 1.165) is 13.2 Å². The van der Waals surface area contributed by atoms with Gasteiger partial charge in [-0.2, -0.15) is 13.2 Å². The Labute approximate surface area is 106 Å². The van der Waals surface area contributed by atoms with Crippen LogP contribution in [0.4, 0.5) is 18.9 Å². The maximum atomic E-state index is 12.5. The summed E-state index contributed by atoms with van der Waals surface area (Å²) >= 11 is 0. The van der Waals surface area contributed by atoms with E-state index in [4.69, 9.17) is 0 Å². The number of carbonyl (C=O) groups is 1. The Hall–Kier alpha value is -2.12. The third kappa shape index (κ3) is 3.21. The number of rotatable bonds is 3. The Morgan fingerprint density at radius 3 is 2.42 bits per heavy atom. The molecule has 0 radical (unpaired) electrons. The topological polar surface area (TPSA) is 69.4 Å². The number of methoxy groups -OCH3 is 1. The van der Waals surface area contributed by atoms with Gasteiger partial charge in [-0.25, -0.2) is 0 Å². The minimum absolute atomic E-state index is 0.121. The molecule has 1 unspecified atom stereocenters. The molecule has 0 fully saturated rings. The molecule has 0 bridgehead atoms. The summed E-state index contributed by atoms with van der Waals surface area (Å²) in [6.07, 6.45) is -4.68. The van der Waals surface area contributed by atoms with E-state index < -0.39 is 34.2 Å². The first kappa shape index (κ1) is 14.9. The van der Waals surface area contributed by atoms with Crippen LogP contribution >= 0.6 is 0 Å². The number of halogens is 3. The molecule has 0 aliphatic rings. The molecule has 8 heteroatoms. The highest BCUT2D eigenvalue weighted by Crippen LogP contribution is 2.35. The zero-order valence-electron chi connectivity index (χ0n) is 10.0. The molecule has 1 atom stereocenters. The van der Waals surface area contributed by atoms with Crippen LogP contribution in [0.5, 0.6) is 0 Å². The molecule has 1 aromatic carbocycles. The van der Waals surface area contributed by atoms with Crippen molar-refractivity contribution in [3.05, 3.63) is 39.4 Å². The van der Waals surface area contributed by atoms with Crippen LogP contribution in [0.1, 0.15) is 24.0 Å². The summed E-state index contributed by atoms with van der Waals surface area (Å²) in [4.78, 5) is 21.1. The van der Waals surface area contributed by atoms with Crippen LogP contribution in [0.25, 0.3) is 0 Å². The Kier molecular flexibility index (Phi) is 4.13. The van der Waals surface area contributed by atoms with Gasteiger partial charge in [0.15, 0.2) is 0 Å². The van der Waals surface area contributed by atoms with Gasteiger partial charge in [0.2, 0.25) is 0 Å². The van der Waals surface area contributed by atoms with Crippen LogP contribution < -0.4 is 0 Å². The molecular weight excluding hydrogens is 267 g/mol. The van der Waals surface area contributed by atoms with Gasteiger partial charge in [0.25, 0.3) is 5.69 Å². The SMILES string of the molecule is COC(=O)C(C)c1ccc(C(F)(F)F)cc1[N+](=O)[O-]. The monoisotopic (exact) mass is 277 g/mol. The quantitative estimate of drug-likeness (QED) is 0.484. The van der Waals surface area contributed by atoms with Gasteiger partial charge in [0, 0.05) is 11.6 Å². The van der Waals surface area contributed by atoms with Gasteiger partial charge < -0.3 is 4.74 Å². The smallest absolute Gasteiger partial charge is 0.416 e. The Morgan fingerprint density at radius 2 is 2.00 bits per heavy atom. The molecule has 0 N–H and O–H groups in total. The van der Waals surface area contributed by atoms with E-state index >= 15 is 0 Å². The fourth-order valence-corrected chi connectivity index (χ4v) is 1.55. The summed E-state index contributed by atoms with van der Waals surface area (Å²) < 4.78 is 41.8. The van der Waals surface area contributed by atoms with Gasteiger partial charge >= 0.3 is 12.1 Å². The van der Waals surface area contributed by atoms with Crippen LogP contribution in [-0.4, -0.2) is 18.0 Å². The fourth-order valence-electron chi connectivity index (χ4n) is 1.55. The predicted molar refractivity (Wildman–Crippen MR) is 58.5 cm³/mol. The number of esters is 1. The van der Waals surface area contributed by atoms with Crippen molar-refractivity contribution in [3.8, 4) is 0 Å². The Morgan fingerprint density at radius 1 is 1.42 bits per heavy atom. The third-order valence-corrected chi connectivity index (χ3v) is 2.58. The van der Waals surface area contributed by atoms with Gasteiger partial charge in [-0.1, -0.05) is 6.07 Å². The summed E-state index contributed by atoms with van der Waals surface area (Å²) in [5, 5.41) is 10.8. The van der Waals surface area contributed by atoms with Crippen molar-refractivity contribution in [2.24, 2.45) is 0 Å². The Balaban J connectivity index is 3.35. The van der Waals surface area contributed by atoms with E-state index in [1.54, 1.807) is 0 Å². The lowest BCUT2D eigenvalue weighted by Crippen LogP contribution is -2.14. The molecule has 1 rings (SSSR count). The number of ether oxygens (including phenoxy) is 1. The lowest BCUT2D eigenvalue weighted by molar-refractivity contribution is -0.385. The Bertz CT molecular complexity index is 513. The van der Waals surface area contributed by atoms with Crippen LogP contribution in [0.3, 0.4) is 0 Å². The molecule has 0 heterocycles. The van der Waals surface area contributed by atoms with Crippen LogP contribution in [0, 0.1) is 10.1 Å². The van der Waals surface area contributed by atoms with Gasteiger partial charge in [-0.3, -0.25) is 14.9 Å². The lowest BCUT2D eigenvalue weighted by Gasteiger charge is -2.12. The maximum absolute atomic E-state index is 12.5. The van der Waals surface area contributed by atoms with Crippen LogP contribution in [-0.2, 0) is 15.7 Å². The zero-order chi connectivity index (χ0) is 14.8. The van der Waals surface area contributed by atoms with Gasteiger partial charge in [0.1, 0.15) is 0 Å².